The van der Waals surface area contributed by atoms with E-state index in [2.05, 4.69) is 25.2 Å². The van der Waals surface area contributed by atoms with Gasteiger partial charge in [-0.15, -0.1) is 11.3 Å². The molecule has 5 rings (SSSR count). The van der Waals surface area contributed by atoms with Gasteiger partial charge in [-0.1, -0.05) is 61.9 Å². The van der Waals surface area contributed by atoms with Gasteiger partial charge >= 0.3 is 0 Å². The first kappa shape index (κ1) is 24.0. The maximum atomic E-state index is 13.9. The van der Waals surface area contributed by atoms with Gasteiger partial charge in [0.2, 0.25) is 5.91 Å². The second-order valence-electron chi connectivity index (χ2n) is 9.88. The van der Waals surface area contributed by atoms with Crippen molar-refractivity contribution in [2.45, 2.75) is 52.2 Å². The maximum Gasteiger partial charge on any atom is 0.277 e. The molecule has 1 aliphatic heterocycles. The lowest BCUT2D eigenvalue weighted by Crippen LogP contribution is -2.64. The van der Waals surface area contributed by atoms with Gasteiger partial charge in [0, 0.05) is 12.2 Å². The van der Waals surface area contributed by atoms with Gasteiger partial charge in [0.25, 0.3) is 5.91 Å². The number of carbonyl (C=O) groups excluding carboxylic acids is 2. The lowest BCUT2D eigenvalue weighted by atomic mass is 9.93. The van der Waals surface area contributed by atoms with Gasteiger partial charge in [-0.2, -0.15) is 5.10 Å². The first-order valence-electron chi connectivity index (χ1n) is 12.2. The molecular weight excluding hydrogens is 468 g/mol. The van der Waals surface area contributed by atoms with E-state index in [4.69, 9.17) is 5.10 Å². The zero-order valence-electron chi connectivity index (χ0n) is 21.0. The lowest BCUT2D eigenvalue weighted by Gasteiger charge is -2.43. The highest BCUT2D eigenvalue weighted by atomic mass is 32.1. The molecule has 6 nitrogen and oxygen atoms in total. The van der Waals surface area contributed by atoms with Crippen molar-refractivity contribution in [3.05, 3.63) is 94.5 Å². The van der Waals surface area contributed by atoms with Crippen LogP contribution in [0, 0.1) is 6.92 Å². The van der Waals surface area contributed by atoms with Crippen LogP contribution in [0.2, 0.25) is 0 Å². The number of amides is 2. The molecule has 1 N–H and O–H groups in total. The third kappa shape index (κ3) is 4.35. The molecule has 0 spiro atoms. The molecule has 4 aromatic rings. The van der Waals surface area contributed by atoms with Gasteiger partial charge in [0.1, 0.15) is 16.9 Å². The molecule has 0 aliphatic carbocycles. The zero-order valence-corrected chi connectivity index (χ0v) is 21.8. The first-order chi connectivity index (χ1) is 17.3. The van der Waals surface area contributed by atoms with Crippen LogP contribution in [0.4, 0.5) is 5.69 Å². The van der Waals surface area contributed by atoms with Crippen molar-refractivity contribution < 1.29 is 9.59 Å². The fraction of sp³-hybridized carbons (Fsp3) is 0.276. The predicted molar refractivity (Wildman–Crippen MR) is 144 cm³/mol. The van der Waals surface area contributed by atoms with Crippen LogP contribution in [0.1, 0.15) is 53.9 Å². The molecule has 0 unspecified atom stereocenters. The van der Waals surface area contributed by atoms with Crippen molar-refractivity contribution in [3.63, 3.8) is 0 Å². The van der Waals surface area contributed by atoms with Gasteiger partial charge < -0.3 is 5.32 Å². The average molecular weight is 499 g/mol. The minimum atomic E-state index is -1.16. The van der Waals surface area contributed by atoms with Gasteiger partial charge in [0.05, 0.1) is 11.4 Å². The maximum absolute atomic E-state index is 13.9. The molecule has 0 radical (unpaired) electrons. The second kappa shape index (κ2) is 9.39. The Balaban J connectivity index is 1.53. The van der Waals surface area contributed by atoms with E-state index in [1.807, 2.05) is 79.9 Å². The number of aromatic nitrogens is 2. The highest BCUT2D eigenvalue weighted by molar-refractivity contribution is 7.13. The summed E-state index contributed by atoms with van der Waals surface area (Å²) in [7, 11) is 0. The van der Waals surface area contributed by atoms with Crippen LogP contribution in [0.3, 0.4) is 0 Å². The van der Waals surface area contributed by atoms with Gasteiger partial charge in [0.15, 0.2) is 0 Å². The normalized spacial score (nSPS) is 17.4. The number of rotatable bonds is 6. The average Bonchev–Trinajstić information content (AvgIpc) is 3.53. The summed E-state index contributed by atoms with van der Waals surface area (Å²) in [4.78, 5) is 30.4. The SMILES string of the molecule is Cc1cccc(CNC(=O)[C@]2(C)Cn3nc(-c4cccs4)cc3C(=O)N2c2ccc(C(C)C)cc2)c1. The summed E-state index contributed by atoms with van der Waals surface area (Å²) in [6.45, 7) is 8.76. The van der Waals surface area contributed by atoms with Crippen LogP contribution < -0.4 is 10.2 Å². The van der Waals surface area contributed by atoms with Crippen LogP contribution in [0.25, 0.3) is 10.6 Å². The summed E-state index contributed by atoms with van der Waals surface area (Å²) in [6.07, 6.45) is 0. The second-order valence-corrected chi connectivity index (χ2v) is 10.8. The number of nitrogens with zero attached hydrogens (tertiary/aromatic N) is 3. The smallest absolute Gasteiger partial charge is 0.277 e. The Morgan fingerprint density at radius 2 is 1.89 bits per heavy atom. The molecule has 1 atom stereocenters. The number of hydrogen-bond donors (Lipinski definition) is 1. The summed E-state index contributed by atoms with van der Waals surface area (Å²) in [5, 5.41) is 9.78. The molecule has 0 saturated heterocycles. The number of carbonyl (C=O) groups is 2. The van der Waals surface area contributed by atoms with E-state index in [0.29, 0.717) is 23.8 Å². The molecule has 0 bridgehead atoms. The Labute approximate surface area is 215 Å². The van der Waals surface area contributed by atoms with E-state index in [0.717, 1.165) is 21.7 Å². The highest BCUT2D eigenvalue weighted by Crippen LogP contribution is 2.35. The fourth-order valence-corrected chi connectivity index (χ4v) is 5.42. The number of nitrogens with one attached hydrogen (secondary N) is 1. The predicted octanol–water partition coefficient (Wildman–Crippen LogP) is 5.78. The number of benzene rings is 2. The lowest BCUT2D eigenvalue weighted by molar-refractivity contribution is -0.126. The van der Waals surface area contributed by atoms with Crippen molar-refractivity contribution in [1.29, 1.82) is 0 Å². The number of anilines is 1. The molecule has 2 aromatic carbocycles. The van der Waals surface area contributed by atoms with E-state index in [1.54, 1.807) is 20.9 Å². The largest absolute Gasteiger partial charge is 0.350 e. The third-order valence-corrected chi connectivity index (χ3v) is 7.66. The molecule has 0 fully saturated rings. The number of hydrogen-bond acceptors (Lipinski definition) is 4. The molecule has 184 valence electrons. The molecule has 1 aliphatic rings. The number of fused-ring (bicyclic) bond motifs is 1. The summed E-state index contributed by atoms with van der Waals surface area (Å²) in [5.74, 6) is -0.0823. The fourth-order valence-electron chi connectivity index (χ4n) is 4.73. The van der Waals surface area contributed by atoms with Crippen LogP contribution in [-0.4, -0.2) is 27.1 Å². The van der Waals surface area contributed by atoms with Crippen molar-refractivity contribution >= 4 is 28.8 Å². The van der Waals surface area contributed by atoms with Gasteiger partial charge in [-0.25, -0.2) is 0 Å². The zero-order chi connectivity index (χ0) is 25.4. The standard InChI is InChI=1S/C29H30N4O2S/c1-19(2)22-10-12-23(13-11-22)33-27(34)25-16-24(26-9-6-14-36-26)31-32(25)18-29(33,4)28(35)30-17-21-8-5-7-20(3)15-21/h5-16,19H,17-18H2,1-4H3,(H,30,35)/t29-/m0/s1. The summed E-state index contributed by atoms with van der Waals surface area (Å²) in [6, 6.07) is 21.8. The Kier molecular flexibility index (Phi) is 6.26. The van der Waals surface area contributed by atoms with Crippen LogP contribution >= 0.6 is 11.3 Å². The van der Waals surface area contributed by atoms with Crippen LogP contribution in [-0.2, 0) is 17.9 Å². The highest BCUT2D eigenvalue weighted by Gasteiger charge is 2.48. The first-order valence-corrected chi connectivity index (χ1v) is 13.0. The Morgan fingerprint density at radius 1 is 1.11 bits per heavy atom. The van der Waals surface area contributed by atoms with E-state index in [1.165, 1.54) is 5.56 Å². The Morgan fingerprint density at radius 3 is 2.56 bits per heavy atom. The van der Waals surface area contributed by atoms with Crippen molar-refractivity contribution in [3.8, 4) is 10.6 Å². The molecular formula is C29H30N4O2S. The van der Waals surface area contributed by atoms with E-state index in [-0.39, 0.29) is 18.4 Å². The summed E-state index contributed by atoms with van der Waals surface area (Å²) >= 11 is 1.58. The van der Waals surface area contributed by atoms with Crippen LogP contribution in [0.5, 0.6) is 0 Å². The monoisotopic (exact) mass is 498 g/mol. The summed E-state index contributed by atoms with van der Waals surface area (Å²) < 4.78 is 1.68. The minimum Gasteiger partial charge on any atom is -0.350 e. The number of aryl methyl sites for hydroxylation is 1. The molecule has 2 amide bonds. The molecule has 36 heavy (non-hydrogen) atoms. The Bertz CT molecular complexity index is 1410. The van der Waals surface area contributed by atoms with Crippen molar-refractivity contribution in [2.24, 2.45) is 0 Å². The number of thiophene rings is 1. The molecule has 7 heteroatoms. The minimum absolute atomic E-state index is 0.218. The molecule has 3 heterocycles. The van der Waals surface area contributed by atoms with E-state index < -0.39 is 5.54 Å². The molecule has 2 aromatic heterocycles. The Hall–Kier alpha value is -3.71. The van der Waals surface area contributed by atoms with Gasteiger partial charge in [-0.3, -0.25) is 19.2 Å². The van der Waals surface area contributed by atoms with Crippen molar-refractivity contribution in [1.82, 2.24) is 15.1 Å². The van der Waals surface area contributed by atoms with Gasteiger partial charge in [-0.05, 0) is 60.5 Å². The topological polar surface area (TPSA) is 67.2 Å². The van der Waals surface area contributed by atoms with Crippen molar-refractivity contribution in [2.75, 3.05) is 4.90 Å². The van der Waals surface area contributed by atoms with E-state index in [9.17, 15) is 9.59 Å². The van der Waals surface area contributed by atoms with E-state index >= 15 is 0 Å². The molecule has 0 saturated carbocycles. The van der Waals surface area contributed by atoms with Crippen LogP contribution in [0.15, 0.2) is 72.1 Å². The summed E-state index contributed by atoms with van der Waals surface area (Å²) in [5.41, 5.74) is 4.09. The quantitative estimate of drug-likeness (QED) is 0.366. The third-order valence-electron chi connectivity index (χ3n) is 6.77.